The Bertz CT molecular complexity index is 317. The highest BCUT2D eigenvalue weighted by Crippen LogP contribution is 2.42. The van der Waals surface area contributed by atoms with Crippen LogP contribution in [0.25, 0.3) is 0 Å². The molecule has 0 amide bonds. The molecule has 1 atom stereocenters. The van der Waals surface area contributed by atoms with Gasteiger partial charge in [-0.15, -0.1) is 0 Å². The Balaban J connectivity index is 1.39. The first kappa shape index (κ1) is 15.8. The summed E-state index contributed by atoms with van der Waals surface area (Å²) in [6.07, 6.45) is 16.8. The molecule has 1 spiro atoms. The molecule has 0 aromatic rings. The Morgan fingerprint density at radius 3 is 2.19 bits per heavy atom. The van der Waals surface area contributed by atoms with Crippen molar-refractivity contribution in [2.45, 2.75) is 101 Å². The summed E-state index contributed by atoms with van der Waals surface area (Å²) in [5, 5.41) is 0. The molecule has 3 aliphatic rings. The van der Waals surface area contributed by atoms with Crippen molar-refractivity contribution in [3.63, 3.8) is 0 Å². The van der Waals surface area contributed by atoms with Gasteiger partial charge in [0.2, 0.25) is 0 Å². The molecule has 3 nitrogen and oxygen atoms in total. The van der Waals surface area contributed by atoms with Gasteiger partial charge in [0.1, 0.15) is 0 Å². The van der Waals surface area contributed by atoms with E-state index in [0.717, 1.165) is 26.1 Å². The number of hydrogen-bond donors (Lipinski definition) is 1. The van der Waals surface area contributed by atoms with E-state index in [1.807, 2.05) is 0 Å². The molecule has 3 rings (SSSR count). The molecule has 2 N–H and O–H groups in total. The lowest BCUT2D eigenvalue weighted by molar-refractivity contribution is -0.0918. The second kappa shape index (κ2) is 6.97. The molecular weight excluding hydrogens is 262 g/mol. The van der Waals surface area contributed by atoms with Crippen molar-refractivity contribution in [3.05, 3.63) is 0 Å². The van der Waals surface area contributed by atoms with Crippen LogP contribution in [0.4, 0.5) is 0 Å². The lowest BCUT2D eigenvalue weighted by Crippen LogP contribution is -2.44. The number of hydrogen-bond acceptors (Lipinski definition) is 3. The van der Waals surface area contributed by atoms with Gasteiger partial charge < -0.3 is 15.2 Å². The maximum Gasteiger partial charge on any atom is 0.0817 e. The molecule has 1 unspecified atom stereocenters. The van der Waals surface area contributed by atoms with Gasteiger partial charge in [0.15, 0.2) is 0 Å². The van der Waals surface area contributed by atoms with Crippen LogP contribution >= 0.6 is 0 Å². The van der Waals surface area contributed by atoms with Crippen LogP contribution in [0, 0.1) is 0 Å². The highest BCUT2D eigenvalue weighted by molar-refractivity contribution is 4.91. The van der Waals surface area contributed by atoms with Crippen molar-refractivity contribution >= 4 is 0 Å². The van der Waals surface area contributed by atoms with Gasteiger partial charge in [-0.05, 0) is 38.5 Å². The summed E-state index contributed by atoms with van der Waals surface area (Å²) in [7, 11) is 0. The third-order valence-electron chi connectivity index (χ3n) is 5.90. The first-order valence-corrected chi connectivity index (χ1v) is 9.24. The highest BCUT2D eigenvalue weighted by Gasteiger charge is 2.41. The standard InChI is InChI=1S/C18H33NO2/c19-17(9-4-1-2-5-10-17)15-20-14-16-8-13-18(21-16)11-6-3-7-12-18/h16H,1-15,19H2. The number of nitrogens with two attached hydrogens (primary N) is 1. The third-order valence-corrected chi connectivity index (χ3v) is 5.90. The SMILES string of the molecule is NC1(COCC2CCC3(CCCCC3)O2)CCCCCC1. The minimum atomic E-state index is -0.0718. The zero-order valence-corrected chi connectivity index (χ0v) is 13.6. The van der Waals surface area contributed by atoms with E-state index < -0.39 is 0 Å². The largest absolute Gasteiger partial charge is 0.377 e. The zero-order chi connectivity index (χ0) is 14.6. The summed E-state index contributed by atoms with van der Waals surface area (Å²) in [6.45, 7) is 1.47. The normalized spacial score (nSPS) is 32.1. The molecule has 122 valence electrons. The molecule has 2 saturated carbocycles. The van der Waals surface area contributed by atoms with Crippen LogP contribution in [0.3, 0.4) is 0 Å². The molecule has 21 heavy (non-hydrogen) atoms. The van der Waals surface area contributed by atoms with Crippen molar-refractivity contribution < 1.29 is 9.47 Å². The van der Waals surface area contributed by atoms with E-state index in [9.17, 15) is 0 Å². The summed E-state index contributed by atoms with van der Waals surface area (Å²) < 4.78 is 12.4. The Hall–Kier alpha value is -0.120. The predicted octanol–water partition coefficient (Wildman–Crippen LogP) is 3.94. The highest BCUT2D eigenvalue weighted by atomic mass is 16.6. The lowest BCUT2D eigenvalue weighted by Gasteiger charge is -2.33. The maximum absolute atomic E-state index is 6.51. The maximum atomic E-state index is 6.51. The lowest BCUT2D eigenvalue weighted by atomic mass is 9.83. The van der Waals surface area contributed by atoms with Crippen molar-refractivity contribution in [1.29, 1.82) is 0 Å². The van der Waals surface area contributed by atoms with Gasteiger partial charge in [0, 0.05) is 5.54 Å². The van der Waals surface area contributed by atoms with E-state index in [1.165, 1.54) is 70.6 Å². The molecule has 3 heteroatoms. The van der Waals surface area contributed by atoms with E-state index in [1.54, 1.807) is 0 Å². The quantitative estimate of drug-likeness (QED) is 0.799. The zero-order valence-electron chi connectivity index (χ0n) is 13.6. The molecule has 0 aromatic heterocycles. The number of rotatable bonds is 4. The van der Waals surface area contributed by atoms with Crippen LogP contribution in [0.1, 0.15) is 83.5 Å². The van der Waals surface area contributed by atoms with Gasteiger partial charge in [-0.3, -0.25) is 0 Å². The van der Waals surface area contributed by atoms with Crippen LogP contribution in [0.2, 0.25) is 0 Å². The first-order valence-electron chi connectivity index (χ1n) is 9.24. The predicted molar refractivity (Wildman–Crippen MR) is 85.4 cm³/mol. The van der Waals surface area contributed by atoms with Crippen molar-refractivity contribution in [1.82, 2.24) is 0 Å². The van der Waals surface area contributed by atoms with Crippen molar-refractivity contribution in [3.8, 4) is 0 Å². The van der Waals surface area contributed by atoms with Gasteiger partial charge in [-0.25, -0.2) is 0 Å². The minimum Gasteiger partial charge on any atom is -0.377 e. The minimum absolute atomic E-state index is 0.0718. The average Bonchev–Trinajstić information content (AvgIpc) is 2.73. The van der Waals surface area contributed by atoms with E-state index >= 15 is 0 Å². The van der Waals surface area contributed by atoms with Gasteiger partial charge in [-0.2, -0.15) is 0 Å². The third kappa shape index (κ3) is 4.20. The fourth-order valence-corrected chi connectivity index (χ4v) is 4.55. The van der Waals surface area contributed by atoms with Gasteiger partial charge in [0.25, 0.3) is 0 Å². The average molecular weight is 295 g/mol. The second-order valence-electron chi connectivity index (χ2n) is 7.81. The summed E-state index contributed by atoms with van der Waals surface area (Å²) in [5.74, 6) is 0. The Morgan fingerprint density at radius 2 is 1.48 bits per heavy atom. The van der Waals surface area contributed by atoms with E-state index in [-0.39, 0.29) is 11.1 Å². The van der Waals surface area contributed by atoms with Gasteiger partial charge in [-0.1, -0.05) is 44.9 Å². The topological polar surface area (TPSA) is 44.5 Å². The summed E-state index contributed by atoms with van der Waals surface area (Å²) in [4.78, 5) is 0. The van der Waals surface area contributed by atoms with Crippen LogP contribution in [-0.2, 0) is 9.47 Å². The van der Waals surface area contributed by atoms with E-state index in [4.69, 9.17) is 15.2 Å². The second-order valence-corrected chi connectivity index (χ2v) is 7.81. The molecular formula is C18H33NO2. The van der Waals surface area contributed by atoms with E-state index in [2.05, 4.69) is 0 Å². The van der Waals surface area contributed by atoms with Crippen LogP contribution in [-0.4, -0.2) is 30.5 Å². The Morgan fingerprint density at radius 1 is 0.857 bits per heavy atom. The van der Waals surface area contributed by atoms with E-state index in [0.29, 0.717) is 6.10 Å². The molecule has 1 saturated heterocycles. The number of ether oxygens (including phenoxy) is 2. The van der Waals surface area contributed by atoms with Crippen molar-refractivity contribution in [2.75, 3.05) is 13.2 Å². The van der Waals surface area contributed by atoms with Crippen LogP contribution in [0.15, 0.2) is 0 Å². The molecule has 0 aromatic carbocycles. The molecule has 3 fully saturated rings. The fraction of sp³-hybridized carbons (Fsp3) is 1.00. The molecule has 0 bridgehead atoms. The molecule has 1 heterocycles. The monoisotopic (exact) mass is 295 g/mol. The molecule has 0 radical (unpaired) electrons. The van der Waals surface area contributed by atoms with Gasteiger partial charge >= 0.3 is 0 Å². The summed E-state index contributed by atoms with van der Waals surface area (Å²) in [5.41, 5.74) is 6.66. The first-order chi connectivity index (χ1) is 10.2. The van der Waals surface area contributed by atoms with Crippen molar-refractivity contribution in [2.24, 2.45) is 5.73 Å². The molecule has 2 aliphatic carbocycles. The van der Waals surface area contributed by atoms with Gasteiger partial charge in [0.05, 0.1) is 24.9 Å². The smallest absolute Gasteiger partial charge is 0.0817 e. The van der Waals surface area contributed by atoms with Crippen LogP contribution in [0.5, 0.6) is 0 Å². The fourth-order valence-electron chi connectivity index (χ4n) is 4.55. The Kier molecular flexibility index (Phi) is 5.23. The summed E-state index contributed by atoms with van der Waals surface area (Å²) in [6, 6.07) is 0. The summed E-state index contributed by atoms with van der Waals surface area (Å²) >= 11 is 0. The van der Waals surface area contributed by atoms with Crippen LogP contribution < -0.4 is 5.73 Å². The Labute approximate surface area is 129 Å². The molecule has 1 aliphatic heterocycles.